The first-order valence-corrected chi connectivity index (χ1v) is 10.4. The molecular formula is C24H29N3O2. The number of nitrogens with one attached hydrogen (secondary N) is 1. The van der Waals surface area contributed by atoms with Gasteiger partial charge in [-0.2, -0.15) is 0 Å². The highest BCUT2D eigenvalue weighted by Gasteiger charge is 2.50. The van der Waals surface area contributed by atoms with E-state index in [9.17, 15) is 9.59 Å². The normalized spacial score (nSPS) is 24.2. The summed E-state index contributed by atoms with van der Waals surface area (Å²) >= 11 is 0. The Morgan fingerprint density at radius 3 is 2.34 bits per heavy atom. The summed E-state index contributed by atoms with van der Waals surface area (Å²) in [5.41, 5.74) is 3.37. The summed E-state index contributed by atoms with van der Waals surface area (Å²) in [6, 6.07) is 19.1. The van der Waals surface area contributed by atoms with Crippen molar-refractivity contribution in [2.75, 3.05) is 26.2 Å². The Hall–Kier alpha value is -2.66. The van der Waals surface area contributed by atoms with Crippen LogP contribution in [0.3, 0.4) is 0 Å². The van der Waals surface area contributed by atoms with Gasteiger partial charge in [-0.05, 0) is 29.7 Å². The van der Waals surface area contributed by atoms with Crippen LogP contribution in [-0.2, 0) is 16.1 Å². The minimum absolute atomic E-state index is 0.0190. The molecule has 2 heterocycles. The van der Waals surface area contributed by atoms with Crippen molar-refractivity contribution in [3.63, 3.8) is 0 Å². The topological polar surface area (TPSA) is 52.7 Å². The van der Waals surface area contributed by atoms with Crippen LogP contribution in [0.5, 0.6) is 0 Å². The molecule has 2 atom stereocenters. The molecule has 0 bridgehead atoms. The fraction of sp³-hybridized carbons (Fsp3) is 0.417. The van der Waals surface area contributed by atoms with E-state index in [0.717, 1.165) is 32.6 Å². The number of hydrogen-bond acceptors (Lipinski definition) is 3. The largest absolute Gasteiger partial charge is 0.347 e. The number of likely N-dealkylation sites (tertiary alicyclic amines) is 2. The van der Waals surface area contributed by atoms with Crippen LogP contribution >= 0.6 is 0 Å². The lowest BCUT2D eigenvalue weighted by Crippen LogP contribution is -2.63. The minimum Gasteiger partial charge on any atom is -0.347 e. The lowest BCUT2D eigenvalue weighted by molar-refractivity contribution is -0.128. The molecule has 2 aromatic carbocycles. The third-order valence-electron chi connectivity index (χ3n) is 6.33. The quantitative estimate of drug-likeness (QED) is 0.872. The number of fused-ring (bicyclic) bond motifs is 1. The van der Waals surface area contributed by atoms with E-state index in [4.69, 9.17) is 0 Å². The second kappa shape index (κ2) is 7.99. The van der Waals surface area contributed by atoms with Gasteiger partial charge in [0.1, 0.15) is 0 Å². The standard InChI is InChI=1S/C24H29N3O2/c1-18(28)25-24-16-26(13-12-23(24)15-27(17-24)19(2)29)14-20-8-10-22(11-9-20)21-6-4-3-5-7-21/h3-11,23H,12-17H2,1-2H3,(H,25,28)/t23-,24-/m1/s1. The Morgan fingerprint density at radius 2 is 1.69 bits per heavy atom. The van der Waals surface area contributed by atoms with Gasteiger partial charge in [-0.15, -0.1) is 0 Å². The van der Waals surface area contributed by atoms with Crippen molar-refractivity contribution >= 4 is 11.8 Å². The van der Waals surface area contributed by atoms with Gasteiger partial charge in [-0.25, -0.2) is 0 Å². The number of amides is 2. The fourth-order valence-electron chi connectivity index (χ4n) is 4.94. The zero-order valence-electron chi connectivity index (χ0n) is 17.2. The van der Waals surface area contributed by atoms with Crippen molar-refractivity contribution < 1.29 is 9.59 Å². The lowest BCUT2D eigenvalue weighted by atomic mass is 9.80. The highest BCUT2D eigenvalue weighted by atomic mass is 16.2. The molecule has 0 unspecified atom stereocenters. The molecule has 0 aromatic heterocycles. The molecule has 29 heavy (non-hydrogen) atoms. The second-order valence-corrected chi connectivity index (χ2v) is 8.50. The van der Waals surface area contributed by atoms with Crippen LogP contribution in [0, 0.1) is 5.92 Å². The molecule has 0 saturated carbocycles. The van der Waals surface area contributed by atoms with E-state index in [1.54, 1.807) is 13.8 Å². The van der Waals surface area contributed by atoms with Gasteiger partial charge in [0, 0.05) is 45.9 Å². The van der Waals surface area contributed by atoms with E-state index in [0.29, 0.717) is 12.5 Å². The van der Waals surface area contributed by atoms with Crippen LogP contribution in [-0.4, -0.2) is 53.3 Å². The van der Waals surface area contributed by atoms with Crippen LogP contribution in [0.25, 0.3) is 11.1 Å². The highest BCUT2D eigenvalue weighted by molar-refractivity contribution is 5.76. The first-order chi connectivity index (χ1) is 13.9. The molecule has 2 aliphatic rings. The highest BCUT2D eigenvalue weighted by Crippen LogP contribution is 2.36. The van der Waals surface area contributed by atoms with Crippen molar-refractivity contribution in [1.82, 2.24) is 15.1 Å². The van der Waals surface area contributed by atoms with Gasteiger partial charge in [-0.3, -0.25) is 14.5 Å². The number of carbonyl (C=O) groups is 2. The van der Waals surface area contributed by atoms with Crippen molar-refractivity contribution in [3.05, 3.63) is 60.2 Å². The lowest BCUT2D eigenvalue weighted by Gasteiger charge is -2.44. The van der Waals surface area contributed by atoms with Gasteiger partial charge >= 0.3 is 0 Å². The molecule has 0 aliphatic carbocycles. The molecule has 2 aromatic rings. The number of rotatable bonds is 4. The molecule has 1 N–H and O–H groups in total. The van der Waals surface area contributed by atoms with E-state index in [-0.39, 0.29) is 17.4 Å². The second-order valence-electron chi connectivity index (χ2n) is 8.50. The number of carbonyl (C=O) groups excluding carboxylic acids is 2. The fourth-order valence-corrected chi connectivity index (χ4v) is 4.94. The van der Waals surface area contributed by atoms with Crippen LogP contribution in [0.15, 0.2) is 54.6 Å². The number of piperidine rings is 1. The first-order valence-electron chi connectivity index (χ1n) is 10.4. The number of hydrogen-bond donors (Lipinski definition) is 1. The molecule has 5 heteroatoms. The minimum atomic E-state index is -0.334. The van der Waals surface area contributed by atoms with E-state index in [1.807, 2.05) is 11.0 Å². The van der Waals surface area contributed by atoms with Crippen molar-refractivity contribution in [2.24, 2.45) is 5.92 Å². The Balaban J connectivity index is 1.47. The Morgan fingerprint density at radius 1 is 1.00 bits per heavy atom. The van der Waals surface area contributed by atoms with Gasteiger partial charge in [-0.1, -0.05) is 54.6 Å². The van der Waals surface area contributed by atoms with Gasteiger partial charge in [0.25, 0.3) is 0 Å². The van der Waals surface area contributed by atoms with Crippen molar-refractivity contribution in [1.29, 1.82) is 0 Å². The van der Waals surface area contributed by atoms with E-state index < -0.39 is 0 Å². The van der Waals surface area contributed by atoms with Crippen LogP contribution in [0.4, 0.5) is 0 Å². The average molecular weight is 392 g/mol. The summed E-state index contributed by atoms with van der Waals surface area (Å²) in [6.07, 6.45) is 0.992. The van der Waals surface area contributed by atoms with E-state index in [1.165, 1.54) is 16.7 Å². The average Bonchev–Trinajstić information content (AvgIpc) is 3.07. The molecule has 2 aliphatic heterocycles. The van der Waals surface area contributed by atoms with Crippen LogP contribution in [0.1, 0.15) is 25.8 Å². The van der Waals surface area contributed by atoms with Gasteiger partial charge < -0.3 is 10.2 Å². The van der Waals surface area contributed by atoms with Crippen molar-refractivity contribution in [3.8, 4) is 11.1 Å². The third-order valence-corrected chi connectivity index (χ3v) is 6.33. The molecule has 2 amide bonds. The predicted molar refractivity (Wildman–Crippen MR) is 114 cm³/mol. The van der Waals surface area contributed by atoms with Gasteiger partial charge in [0.2, 0.25) is 11.8 Å². The molecule has 0 spiro atoms. The summed E-state index contributed by atoms with van der Waals surface area (Å²) in [6.45, 7) is 7.16. The van der Waals surface area contributed by atoms with Gasteiger partial charge in [0.05, 0.1) is 5.54 Å². The molecule has 5 nitrogen and oxygen atoms in total. The van der Waals surface area contributed by atoms with Crippen LogP contribution < -0.4 is 5.32 Å². The molecule has 2 fully saturated rings. The van der Waals surface area contributed by atoms with Crippen LogP contribution in [0.2, 0.25) is 0 Å². The molecule has 152 valence electrons. The van der Waals surface area contributed by atoms with E-state index >= 15 is 0 Å². The molecular weight excluding hydrogens is 362 g/mol. The summed E-state index contributed by atoms with van der Waals surface area (Å²) in [5, 5.41) is 3.21. The summed E-state index contributed by atoms with van der Waals surface area (Å²) < 4.78 is 0. The van der Waals surface area contributed by atoms with Gasteiger partial charge in [0.15, 0.2) is 0 Å². The maximum Gasteiger partial charge on any atom is 0.219 e. The molecule has 0 radical (unpaired) electrons. The zero-order valence-corrected chi connectivity index (χ0v) is 17.2. The van der Waals surface area contributed by atoms with E-state index in [2.05, 4.69) is 58.7 Å². The first kappa shape index (κ1) is 19.6. The SMILES string of the molecule is CC(=O)N[C@@]12CN(Cc3ccc(-c4ccccc4)cc3)CC[C@@H]1CN(C(C)=O)C2. The zero-order chi connectivity index (χ0) is 20.4. The smallest absolute Gasteiger partial charge is 0.219 e. The Kier molecular flexibility index (Phi) is 5.41. The summed E-state index contributed by atoms with van der Waals surface area (Å²) in [7, 11) is 0. The monoisotopic (exact) mass is 391 g/mol. The summed E-state index contributed by atoms with van der Waals surface area (Å²) in [5.74, 6) is 0.397. The van der Waals surface area contributed by atoms with Crippen molar-refractivity contribution in [2.45, 2.75) is 32.4 Å². The number of benzene rings is 2. The number of nitrogens with zero attached hydrogens (tertiary/aromatic N) is 2. The molecule has 2 saturated heterocycles. The maximum atomic E-state index is 11.9. The third kappa shape index (κ3) is 4.20. The maximum absolute atomic E-state index is 11.9. The Labute approximate surface area is 172 Å². The Bertz CT molecular complexity index is 881. The molecule has 4 rings (SSSR count). The predicted octanol–water partition coefficient (Wildman–Crippen LogP) is 2.91. The summed E-state index contributed by atoms with van der Waals surface area (Å²) in [4.78, 5) is 28.2.